The van der Waals surface area contributed by atoms with E-state index in [1.807, 2.05) is 0 Å². The molecule has 0 bridgehead atoms. The maximum absolute atomic E-state index is 10.7. The Morgan fingerprint density at radius 3 is 2.00 bits per heavy atom. The zero-order valence-electron chi connectivity index (χ0n) is 7.97. The quantitative estimate of drug-likeness (QED) is 0.503. The summed E-state index contributed by atoms with van der Waals surface area (Å²) in [5.74, 6) is -0.560. The highest BCUT2D eigenvalue weighted by molar-refractivity contribution is 5.80. The van der Waals surface area contributed by atoms with E-state index in [4.69, 9.17) is 14.9 Å². The van der Waals surface area contributed by atoms with E-state index >= 15 is 0 Å². The number of Topliss-reactive ketones (excluding diaryl/α,β-unsaturated/α-hetero) is 1. The number of ketones is 1. The average molecular weight is 192 g/mol. The summed E-state index contributed by atoms with van der Waals surface area (Å²) in [7, 11) is 1.29. The van der Waals surface area contributed by atoms with E-state index < -0.39 is 30.2 Å². The normalized spacial score (nSPS) is 20.5. The highest BCUT2D eigenvalue weighted by atomic mass is 16.5. The lowest BCUT2D eigenvalue weighted by Crippen LogP contribution is -2.47. The lowest BCUT2D eigenvalue weighted by molar-refractivity contribution is -0.145. The number of aliphatic hydroxyl groups is 3. The molecule has 0 radical (unpaired) electrons. The van der Waals surface area contributed by atoms with Crippen LogP contribution in [-0.2, 0) is 9.53 Å². The zero-order chi connectivity index (χ0) is 10.6. The Hall–Kier alpha value is -0.490. The van der Waals surface area contributed by atoms with Crippen molar-refractivity contribution in [1.29, 1.82) is 0 Å². The molecule has 5 heteroatoms. The van der Waals surface area contributed by atoms with Gasteiger partial charge in [-0.05, 0) is 13.8 Å². The Bertz CT molecular complexity index is 168. The summed E-state index contributed by atoms with van der Waals surface area (Å²) in [6.07, 6.45) is -4.82. The Labute approximate surface area is 77.0 Å². The Kier molecular flexibility index (Phi) is 5.09. The molecule has 4 atom stereocenters. The van der Waals surface area contributed by atoms with E-state index in [1.54, 1.807) is 0 Å². The summed E-state index contributed by atoms with van der Waals surface area (Å²) in [6.45, 7) is 2.56. The molecule has 0 unspecified atom stereocenters. The van der Waals surface area contributed by atoms with Crippen LogP contribution >= 0.6 is 0 Å². The van der Waals surface area contributed by atoms with Crippen molar-refractivity contribution < 1.29 is 24.9 Å². The SMILES string of the molecule is CO[C@H]([C@@H](O)[C@@H](O)C(C)=O)[C@H](C)O. The maximum Gasteiger partial charge on any atom is 0.160 e. The van der Waals surface area contributed by atoms with Gasteiger partial charge in [-0.3, -0.25) is 4.79 Å². The van der Waals surface area contributed by atoms with Gasteiger partial charge in [0.15, 0.2) is 5.78 Å². The molecule has 78 valence electrons. The third-order valence-electron chi connectivity index (χ3n) is 1.82. The predicted octanol–water partition coefficient (Wildman–Crippen LogP) is -1.31. The minimum atomic E-state index is -1.51. The number of rotatable bonds is 5. The summed E-state index contributed by atoms with van der Waals surface area (Å²) < 4.78 is 4.73. The highest BCUT2D eigenvalue weighted by Crippen LogP contribution is 2.08. The van der Waals surface area contributed by atoms with Crippen LogP contribution in [0.2, 0.25) is 0 Å². The fourth-order valence-corrected chi connectivity index (χ4v) is 1.04. The zero-order valence-corrected chi connectivity index (χ0v) is 7.97. The Morgan fingerprint density at radius 2 is 1.77 bits per heavy atom. The molecule has 0 aliphatic heterocycles. The van der Waals surface area contributed by atoms with Crippen molar-refractivity contribution in [1.82, 2.24) is 0 Å². The number of hydrogen-bond donors (Lipinski definition) is 3. The molecule has 0 amide bonds. The second-order valence-electron chi connectivity index (χ2n) is 2.99. The molecule has 0 aromatic heterocycles. The molecular formula is C8H16O5. The third-order valence-corrected chi connectivity index (χ3v) is 1.82. The number of aliphatic hydroxyl groups excluding tert-OH is 3. The summed E-state index contributed by atoms with van der Waals surface area (Å²) >= 11 is 0. The van der Waals surface area contributed by atoms with Crippen molar-refractivity contribution in [2.45, 2.75) is 38.3 Å². The summed E-state index contributed by atoms with van der Waals surface area (Å²) in [6, 6.07) is 0. The van der Waals surface area contributed by atoms with E-state index in [-0.39, 0.29) is 0 Å². The van der Waals surface area contributed by atoms with E-state index in [1.165, 1.54) is 14.0 Å². The van der Waals surface area contributed by atoms with Gasteiger partial charge in [0.1, 0.15) is 18.3 Å². The van der Waals surface area contributed by atoms with Crippen LogP contribution in [0.25, 0.3) is 0 Å². The first-order valence-corrected chi connectivity index (χ1v) is 3.99. The second-order valence-corrected chi connectivity index (χ2v) is 2.99. The van der Waals surface area contributed by atoms with Gasteiger partial charge in [-0.1, -0.05) is 0 Å². The van der Waals surface area contributed by atoms with Gasteiger partial charge in [0.2, 0.25) is 0 Å². The van der Waals surface area contributed by atoms with E-state index in [0.29, 0.717) is 0 Å². The van der Waals surface area contributed by atoms with Crippen LogP contribution in [0.3, 0.4) is 0 Å². The molecule has 3 N–H and O–H groups in total. The van der Waals surface area contributed by atoms with Crippen LogP contribution in [-0.4, -0.2) is 52.6 Å². The molecule has 0 aromatic rings. The maximum atomic E-state index is 10.7. The van der Waals surface area contributed by atoms with Crippen LogP contribution in [0.5, 0.6) is 0 Å². The van der Waals surface area contributed by atoms with Crippen LogP contribution in [0.4, 0.5) is 0 Å². The Balaban J connectivity index is 4.36. The first-order valence-electron chi connectivity index (χ1n) is 3.99. The van der Waals surface area contributed by atoms with Gasteiger partial charge < -0.3 is 20.1 Å². The minimum Gasteiger partial charge on any atom is -0.391 e. The fourth-order valence-electron chi connectivity index (χ4n) is 1.04. The molecule has 0 aliphatic rings. The van der Waals surface area contributed by atoms with Gasteiger partial charge in [-0.15, -0.1) is 0 Å². The smallest absolute Gasteiger partial charge is 0.160 e. The first kappa shape index (κ1) is 12.5. The lowest BCUT2D eigenvalue weighted by Gasteiger charge is -2.26. The topological polar surface area (TPSA) is 87.0 Å². The Morgan fingerprint density at radius 1 is 1.31 bits per heavy atom. The summed E-state index contributed by atoms with van der Waals surface area (Å²) in [5.41, 5.74) is 0. The standard InChI is InChI=1S/C8H16O5/c1-4(9)6(11)7(12)8(13-3)5(2)10/h5-8,10-12H,1-3H3/t5-,6-,7-,8-/m0/s1. The van der Waals surface area contributed by atoms with Crippen LogP contribution in [0.15, 0.2) is 0 Å². The molecule has 5 nitrogen and oxygen atoms in total. The summed E-state index contributed by atoms with van der Waals surface area (Å²) in [4.78, 5) is 10.7. The molecule has 0 heterocycles. The van der Waals surface area contributed by atoms with E-state index in [9.17, 15) is 9.90 Å². The van der Waals surface area contributed by atoms with Gasteiger partial charge in [0.05, 0.1) is 6.10 Å². The largest absolute Gasteiger partial charge is 0.391 e. The van der Waals surface area contributed by atoms with E-state index in [2.05, 4.69) is 0 Å². The molecule has 0 spiro atoms. The second kappa shape index (κ2) is 5.29. The van der Waals surface area contributed by atoms with Gasteiger partial charge in [0, 0.05) is 7.11 Å². The molecule has 0 aliphatic carbocycles. The van der Waals surface area contributed by atoms with Gasteiger partial charge in [-0.25, -0.2) is 0 Å². The number of carbonyl (C=O) groups is 1. The highest BCUT2D eigenvalue weighted by Gasteiger charge is 2.32. The molecule has 0 aromatic carbocycles. The number of ether oxygens (including phenoxy) is 1. The van der Waals surface area contributed by atoms with Crippen molar-refractivity contribution >= 4 is 5.78 Å². The average Bonchev–Trinajstić information content (AvgIpc) is 2.03. The van der Waals surface area contributed by atoms with Gasteiger partial charge in [0.25, 0.3) is 0 Å². The van der Waals surface area contributed by atoms with Crippen LogP contribution in [0, 0.1) is 0 Å². The predicted molar refractivity (Wildman–Crippen MR) is 45.2 cm³/mol. The molecule has 0 saturated heterocycles. The summed E-state index contributed by atoms with van der Waals surface area (Å²) in [5, 5.41) is 27.6. The monoisotopic (exact) mass is 192 g/mol. The van der Waals surface area contributed by atoms with Crippen LogP contribution < -0.4 is 0 Å². The fraction of sp³-hybridized carbons (Fsp3) is 0.875. The molecule has 0 fully saturated rings. The molecule has 0 saturated carbocycles. The van der Waals surface area contributed by atoms with Gasteiger partial charge >= 0.3 is 0 Å². The van der Waals surface area contributed by atoms with Crippen molar-refractivity contribution in [3.8, 4) is 0 Å². The van der Waals surface area contributed by atoms with Crippen molar-refractivity contribution in [3.05, 3.63) is 0 Å². The first-order chi connectivity index (χ1) is 5.91. The molecular weight excluding hydrogens is 176 g/mol. The molecule has 0 rings (SSSR count). The lowest BCUT2D eigenvalue weighted by atomic mass is 10.0. The van der Waals surface area contributed by atoms with Crippen molar-refractivity contribution in [3.63, 3.8) is 0 Å². The third kappa shape index (κ3) is 3.40. The molecule has 13 heavy (non-hydrogen) atoms. The van der Waals surface area contributed by atoms with Crippen molar-refractivity contribution in [2.24, 2.45) is 0 Å². The van der Waals surface area contributed by atoms with Crippen LogP contribution in [0.1, 0.15) is 13.8 Å². The number of hydrogen-bond acceptors (Lipinski definition) is 5. The number of methoxy groups -OCH3 is 1. The van der Waals surface area contributed by atoms with Crippen molar-refractivity contribution in [2.75, 3.05) is 7.11 Å². The number of carbonyl (C=O) groups excluding carboxylic acids is 1. The van der Waals surface area contributed by atoms with Gasteiger partial charge in [-0.2, -0.15) is 0 Å². The van der Waals surface area contributed by atoms with E-state index in [0.717, 1.165) is 6.92 Å². The minimum absolute atomic E-state index is 0.560.